The van der Waals surface area contributed by atoms with Crippen LogP contribution < -0.4 is 11.3 Å². The van der Waals surface area contributed by atoms with E-state index in [4.69, 9.17) is 5.84 Å². The molecular formula is C15H24F2N2. The summed E-state index contributed by atoms with van der Waals surface area (Å²) in [7, 11) is 0. The summed E-state index contributed by atoms with van der Waals surface area (Å²) < 4.78 is 27.0. The fourth-order valence-corrected chi connectivity index (χ4v) is 2.23. The Morgan fingerprint density at radius 1 is 1.11 bits per heavy atom. The number of aryl methyl sites for hydroxylation is 1. The van der Waals surface area contributed by atoms with E-state index in [1.807, 2.05) is 0 Å². The zero-order chi connectivity index (χ0) is 14.3. The Bertz CT molecular complexity index is 394. The largest absolute Gasteiger partial charge is 0.271 e. The van der Waals surface area contributed by atoms with Crippen molar-refractivity contribution in [3.63, 3.8) is 0 Å². The molecule has 108 valence electrons. The fraction of sp³-hybridized carbons (Fsp3) is 0.600. The predicted molar refractivity (Wildman–Crippen MR) is 74.5 cm³/mol. The minimum Gasteiger partial charge on any atom is -0.271 e. The third-order valence-corrected chi connectivity index (χ3v) is 3.45. The lowest BCUT2D eigenvalue weighted by molar-refractivity contribution is 0.455. The van der Waals surface area contributed by atoms with Gasteiger partial charge in [0, 0.05) is 17.7 Å². The number of unbranched alkanes of at least 4 members (excludes halogenated alkanes) is 4. The van der Waals surface area contributed by atoms with E-state index in [-0.39, 0.29) is 6.04 Å². The van der Waals surface area contributed by atoms with Crippen LogP contribution in [0.1, 0.15) is 62.6 Å². The molecule has 3 N–H and O–H groups in total. The zero-order valence-electron chi connectivity index (χ0n) is 11.8. The smallest absolute Gasteiger partial charge is 0.130 e. The van der Waals surface area contributed by atoms with Gasteiger partial charge < -0.3 is 0 Å². The molecule has 1 aromatic rings. The van der Waals surface area contributed by atoms with Crippen LogP contribution in [0.2, 0.25) is 0 Å². The van der Waals surface area contributed by atoms with Crippen molar-refractivity contribution in [1.82, 2.24) is 5.43 Å². The molecule has 0 spiro atoms. The van der Waals surface area contributed by atoms with Crippen LogP contribution in [0.4, 0.5) is 8.78 Å². The minimum atomic E-state index is -0.528. The van der Waals surface area contributed by atoms with Gasteiger partial charge in [-0.05, 0) is 25.0 Å². The Kier molecular flexibility index (Phi) is 6.95. The Balaban J connectivity index is 2.61. The number of hydrogen-bond acceptors (Lipinski definition) is 2. The first kappa shape index (κ1) is 16.1. The summed E-state index contributed by atoms with van der Waals surface area (Å²) in [6, 6.07) is 2.23. The van der Waals surface area contributed by atoms with Gasteiger partial charge in [-0.3, -0.25) is 11.3 Å². The maximum atomic E-state index is 13.8. The zero-order valence-corrected chi connectivity index (χ0v) is 11.8. The number of nitrogens with one attached hydrogen (secondary N) is 1. The minimum absolute atomic E-state index is 0.249. The summed E-state index contributed by atoms with van der Waals surface area (Å²) in [4.78, 5) is 0. The molecule has 0 heterocycles. The maximum absolute atomic E-state index is 13.8. The molecule has 0 aliphatic carbocycles. The molecule has 1 aromatic carbocycles. The number of hydrazine groups is 1. The van der Waals surface area contributed by atoms with Gasteiger partial charge in [0.15, 0.2) is 0 Å². The summed E-state index contributed by atoms with van der Waals surface area (Å²) in [6.45, 7) is 3.80. The van der Waals surface area contributed by atoms with Gasteiger partial charge in [-0.25, -0.2) is 8.78 Å². The van der Waals surface area contributed by atoms with Gasteiger partial charge in [0.05, 0.1) is 0 Å². The number of benzene rings is 1. The van der Waals surface area contributed by atoms with Gasteiger partial charge in [0.1, 0.15) is 11.6 Å². The number of nitrogens with two attached hydrogens (primary N) is 1. The SMILES string of the molecule is CCCCCCCC(NN)c1cc(C)c(F)cc1F. The highest BCUT2D eigenvalue weighted by Gasteiger charge is 2.16. The van der Waals surface area contributed by atoms with Gasteiger partial charge in [-0.15, -0.1) is 0 Å². The molecule has 0 bridgehead atoms. The molecule has 0 amide bonds. The van der Waals surface area contributed by atoms with Gasteiger partial charge in [-0.2, -0.15) is 0 Å². The summed E-state index contributed by atoms with van der Waals surface area (Å²) in [5.41, 5.74) is 3.54. The van der Waals surface area contributed by atoms with Crippen LogP contribution in [0.3, 0.4) is 0 Å². The molecule has 1 unspecified atom stereocenters. The molecule has 0 aliphatic heterocycles. The number of hydrogen-bond donors (Lipinski definition) is 2. The molecule has 0 saturated carbocycles. The van der Waals surface area contributed by atoms with Crippen molar-refractivity contribution in [2.75, 3.05) is 0 Å². The lowest BCUT2D eigenvalue weighted by Crippen LogP contribution is -2.28. The summed E-state index contributed by atoms with van der Waals surface area (Å²) in [5.74, 6) is 4.45. The average Bonchev–Trinajstić information content (AvgIpc) is 2.39. The van der Waals surface area contributed by atoms with E-state index >= 15 is 0 Å². The van der Waals surface area contributed by atoms with Crippen molar-refractivity contribution in [1.29, 1.82) is 0 Å². The van der Waals surface area contributed by atoms with Crippen LogP contribution in [0, 0.1) is 18.6 Å². The molecule has 4 heteroatoms. The van der Waals surface area contributed by atoms with E-state index in [0.29, 0.717) is 11.1 Å². The van der Waals surface area contributed by atoms with Crippen molar-refractivity contribution in [3.05, 3.63) is 34.9 Å². The molecule has 1 atom stereocenters. The highest BCUT2D eigenvalue weighted by Crippen LogP contribution is 2.24. The number of rotatable bonds is 8. The first-order valence-corrected chi connectivity index (χ1v) is 7.01. The Morgan fingerprint density at radius 3 is 2.42 bits per heavy atom. The van der Waals surface area contributed by atoms with Gasteiger partial charge in [0.25, 0.3) is 0 Å². The van der Waals surface area contributed by atoms with Crippen LogP contribution in [-0.4, -0.2) is 0 Å². The van der Waals surface area contributed by atoms with Gasteiger partial charge in [0.2, 0.25) is 0 Å². The first-order valence-electron chi connectivity index (χ1n) is 7.01. The van der Waals surface area contributed by atoms with Crippen LogP contribution in [-0.2, 0) is 0 Å². The molecule has 0 fully saturated rings. The fourth-order valence-electron chi connectivity index (χ4n) is 2.23. The molecule has 0 aliphatic rings. The quantitative estimate of drug-likeness (QED) is 0.423. The molecule has 0 aromatic heterocycles. The van der Waals surface area contributed by atoms with E-state index in [9.17, 15) is 8.78 Å². The van der Waals surface area contributed by atoms with Gasteiger partial charge >= 0.3 is 0 Å². The van der Waals surface area contributed by atoms with Gasteiger partial charge in [-0.1, -0.05) is 39.0 Å². The standard InChI is InChI=1S/C15H24F2N2/c1-3-4-5-6-7-8-15(19-18)12-9-11(2)13(16)10-14(12)17/h9-10,15,19H,3-8,18H2,1-2H3. The summed E-state index contributed by atoms with van der Waals surface area (Å²) in [5, 5.41) is 0. The summed E-state index contributed by atoms with van der Waals surface area (Å²) >= 11 is 0. The highest BCUT2D eigenvalue weighted by molar-refractivity contribution is 5.28. The molecular weight excluding hydrogens is 246 g/mol. The van der Waals surface area contributed by atoms with Crippen molar-refractivity contribution in [2.45, 2.75) is 58.4 Å². The van der Waals surface area contributed by atoms with Crippen LogP contribution in [0.15, 0.2) is 12.1 Å². The lowest BCUT2D eigenvalue weighted by Gasteiger charge is -2.18. The van der Waals surface area contributed by atoms with E-state index < -0.39 is 11.6 Å². The van der Waals surface area contributed by atoms with Crippen LogP contribution in [0.5, 0.6) is 0 Å². The summed E-state index contributed by atoms with van der Waals surface area (Å²) in [6.07, 6.45) is 6.49. The van der Waals surface area contributed by atoms with E-state index in [1.54, 1.807) is 13.0 Å². The van der Waals surface area contributed by atoms with Crippen molar-refractivity contribution < 1.29 is 8.78 Å². The maximum Gasteiger partial charge on any atom is 0.130 e. The third-order valence-electron chi connectivity index (χ3n) is 3.45. The monoisotopic (exact) mass is 270 g/mol. The molecule has 1 rings (SSSR count). The molecule has 0 radical (unpaired) electrons. The predicted octanol–water partition coefficient (Wildman–Crippen LogP) is 4.14. The Hall–Kier alpha value is -1.00. The van der Waals surface area contributed by atoms with E-state index in [1.165, 1.54) is 19.3 Å². The third kappa shape index (κ3) is 4.88. The number of halogens is 2. The van der Waals surface area contributed by atoms with E-state index in [0.717, 1.165) is 25.3 Å². The second-order valence-electron chi connectivity index (χ2n) is 5.05. The normalized spacial score (nSPS) is 12.7. The second kappa shape index (κ2) is 8.23. The van der Waals surface area contributed by atoms with Crippen molar-refractivity contribution in [3.8, 4) is 0 Å². The lowest BCUT2D eigenvalue weighted by atomic mass is 9.98. The van der Waals surface area contributed by atoms with Crippen molar-refractivity contribution in [2.24, 2.45) is 5.84 Å². The Morgan fingerprint density at radius 2 is 1.79 bits per heavy atom. The average molecular weight is 270 g/mol. The van der Waals surface area contributed by atoms with E-state index in [2.05, 4.69) is 12.3 Å². The Labute approximate surface area is 114 Å². The van der Waals surface area contributed by atoms with Crippen LogP contribution >= 0.6 is 0 Å². The topological polar surface area (TPSA) is 38.0 Å². The second-order valence-corrected chi connectivity index (χ2v) is 5.05. The first-order chi connectivity index (χ1) is 9.10. The molecule has 2 nitrogen and oxygen atoms in total. The van der Waals surface area contributed by atoms with Crippen molar-refractivity contribution >= 4 is 0 Å². The molecule has 0 saturated heterocycles. The molecule has 19 heavy (non-hydrogen) atoms. The highest BCUT2D eigenvalue weighted by atomic mass is 19.1. The van der Waals surface area contributed by atoms with Crippen LogP contribution in [0.25, 0.3) is 0 Å².